The number of benzene rings is 1. The van der Waals surface area contributed by atoms with Gasteiger partial charge in [0.15, 0.2) is 5.65 Å². The van der Waals surface area contributed by atoms with Crippen LogP contribution in [0.1, 0.15) is 6.92 Å². The van der Waals surface area contributed by atoms with E-state index in [4.69, 9.17) is 0 Å². The van der Waals surface area contributed by atoms with Gasteiger partial charge in [-0.05, 0) is 25.1 Å². The van der Waals surface area contributed by atoms with Gasteiger partial charge in [0.1, 0.15) is 0 Å². The molecule has 4 nitrogen and oxygen atoms in total. The van der Waals surface area contributed by atoms with Crippen LogP contribution in [-0.2, 0) is 0 Å². The van der Waals surface area contributed by atoms with Gasteiger partial charge in [-0.2, -0.15) is 0 Å². The van der Waals surface area contributed by atoms with E-state index in [1.807, 2.05) is 37.3 Å². The highest BCUT2D eigenvalue weighted by atomic mass is 16.1. The predicted molar refractivity (Wildman–Crippen MR) is 77.4 cm³/mol. The van der Waals surface area contributed by atoms with Crippen LogP contribution >= 0.6 is 0 Å². The molecule has 3 rings (SSSR count). The van der Waals surface area contributed by atoms with Crippen molar-refractivity contribution in [3.05, 3.63) is 58.0 Å². The number of hydrogen-bond acceptors (Lipinski definition) is 2. The normalized spacial score (nSPS) is 13.5. The molecule has 0 radical (unpaired) electrons. The maximum Gasteiger partial charge on any atom is 0.332 e. The van der Waals surface area contributed by atoms with E-state index in [0.29, 0.717) is 5.65 Å². The van der Waals surface area contributed by atoms with E-state index in [1.165, 1.54) is 0 Å². The molecular formula is C15H13N3O. The van der Waals surface area contributed by atoms with Crippen molar-refractivity contribution in [2.24, 2.45) is 0 Å². The Kier molecular flexibility index (Phi) is 2.56. The second-order valence-corrected chi connectivity index (χ2v) is 4.21. The Bertz CT molecular complexity index is 961. The van der Waals surface area contributed by atoms with Gasteiger partial charge < -0.3 is 4.98 Å². The third-order valence-electron chi connectivity index (χ3n) is 3.11. The van der Waals surface area contributed by atoms with E-state index in [-0.39, 0.29) is 5.69 Å². The molecule has 0 aliphatic carbocycles. The molecule has 1 N–H and O–H groups in total. The van der Waals surface area contributed by atoms with Crippen molar-refractivity contribution < 1.29 is 0 Å². The van der Waals surface area contributed by atoms with E-state index in [0.717, 1.165) is 21.6 Å². The maximum absolute atomic E-state index is 12.2. The Morgan fingerprint density at radius 2 is 2.16 bits per heavy atom. The fourth-order valence-electron chi connectivity index (χ4n) is 2.31. The molecule has 0 amide bonds. The van der Waals surface area contributed by atoms with Gasteiger partial charge in [0, 0.05) is 5.22 Å². The number of aromatic nitrogens is 3. The van der Waals surface area contributed by atoms with E-state index in [2.05, 4.69) is 16.5 Å². The molecule has 94 valence electrons. The van der Waals surface area contributed by atoms with Crippen molar-refractivity contribution in [1.29, 1.82) is 0 Å². The standard InChI is InChI=1S/C15H13N3O/c1-3-7-11-10(4-2)14-16-12-8-5-6-9-13(12)18(14)15(19)17-11/h3-9H,1H2,2H3,(H,17,19)/b10-4+,11-7+. The Morgan fingerprint density at radius 1 is 1.37 bits per heavy atom. The average molecular weight is 251 g/mol. The first-order valence-corrected chi connectivity index (χ1v) is 6.05. The lowest BCUT2D eigenvalue weighted by Crippen LogP contribution is -2.38. The van der Waals surface area contributed by atoms with Crippen molar-refractivity contribution >= 4 is 28.8 Å². The molecule has 19 heavy (non-hydrogen) atoms. The van der Waals surface area contributed by atoms with Gasteiger partial charge in [-0.25, -0.2) is 14.2 Å². The molecule has 0 atom stereocenters. The second kappa shape index (κ2) is 4.24. The van der Waals surface area contributed by atoms with Gasteiger partial charge in [-0.1, -0.05) is 30.9 Å². The summed E-state index contributed by atoms with van der Waals surface area (Å²) in [6, 6.07) is 7.60. The van der Waals surface area contributed by atoms with Crippen LogP contribution in [0.3, 0.4) is 0 Å². The highest BCUT2D eigenvalue weighted by molar-refractivity contribution is 5.80. The molecule has 1 aromatic carbocycles. The molecule has 0 saturated carbocycles. The molecule has 0 spiro atoms. The van der Waals surface area contributed by atoms with Crippen LogP contribution in [0, 0.1) is 0 Å². The van der Waals surface area contributed by atoms with Gasteiger partial charge in [0.2, 0.25) is 0 Å². The highest BCUT2D eigenvalue weighted by Crippen LogP contribution is 2.10. The Morgan fingerprint density at radius 3 is 2.89 bits per heavy atom. The molecule has 0 saturated heterocycles. The van der Waals surface area contributed by atoms with Crippen LogP contribution in [0.2, 0.25) is 0 Å². The minimum absolute atomic E-state index is 0.192. The number of aromatic amines is 1. The van der Waals surface area contributed by atoms with Crippen molar-refractivity contribution in [3.63, 3.8) is 0 Å². The first-order valence-electron chi connectivity index (χ1n) is 6.05. The number of allylic oxidation sites excluding steroid dienone is 1. The lowest BCUT2D eigenvalue weighted by Gasteiger charge is -1.96. The van der Waals surface area contributed by atoms with E-state index in [1.54, 1.807) is 16.6 Å². The smallest absolute Gasteiger partial charge is 0.306 e. The van der Waals surface area contributed by atoms with E-state index >= 15 is 0 Å². The average Bonchev–Trinajstić information content (AvgIpc) is 2.79. The molecule has 0 bridgehead atoms. The number of fused-ring (bicyclic) bond motifs is 3. The number of imidazole rings is 1. The van der Waals surface area contributed by atoms with Crippen molar-refractivity contribution in [3.8, 4) is 0 Å². The van der Waals surface area contributed by atoms with E-state index in [9.17, 15) is 4.79 Å². The molecule has 0 unspecified atom stereocenters. The van der Waals surface area contributed by atoms with Gasteiger partial charge in [0.25, 0.3) is 0 Å². The number of H-pyrrole nitrogens is 1. The molecule has 0 aliphatic heterocycles. The second-order valence-electron chi connectivity index (χ2n) is 4.21. The zero-order chi connectivity index (χ0) is 13.4. The summed E-state index contributed by atoms with van der Waals surface area (Å²) < 4.78 is 1.60. The lowest BCUT2D eigenvalue weighted by atomic mass is 10.3. The number of rotatable bonds is 1. The number of nitrogens with one attached hydrogen (secondary N) is 1. The van der Waals surface area contributed by atoms with Crippen LogP contribution in [0.5, 0.6) is 0 Å². The Labute approximate surface area is 109 Å². The number of hydrogen-bond donors (Lipinski definition) is 1. The van der Waals surface area contributed by atoms with Crippen LogP contribution in [0.15, 0.2) is 41.7 Å². The topological polar surface area (TPSA) is 50.2 Å². The minimum atomic E-state index is -0.192. The fraction of sp³-hybridized carbons (Fsp3) is 0.0667. The molecule has 3 aromatic rings. The summed E-state index contributed by atoms with van der Waals surface area (Å²) in [7, 11) is 0. The SMILES string of the molecule is C=C/C=c1/[nH]c(=O)n2c(nc3ccccc32)/c1=C/C. The van der Waals surface area contributed by atoms with Gasteiger partial charge >= 0.3 is 5.69 Å². The Balaban J connectivity index is 2.72. The van der Waals surface area contributed by atoms with Gasteiger partial charge in [-0.3, -0.25) is 0 Å². The third kappa shape index (κ3) is 1.61. The molecule has 2 aromatic heterocycles. The van der Waals surface area contributed by atoms with Crippen LogP contribution in [0.25, 0.3) is 28.8 Å². The predicted octanol–water partition coefficient (Wildman–Crippen LogP) is 0.943. The van der Waals surface area contributed by atoms with Crippen molar-refractivity contribution in [2.45, 2.75) is 6.92 Å². The zero-order valence-corrected chi connectivity index (χ0v) is 10.6. The van der Waals surface area contributed by atoms with Gasteiger partial charge in [-0.15, -0.1) is 0 Å². The largest absolute Gasteiger partial charge is 0.332 e. The summed E-state index contributed by atoms with van der Waals surface area (Å²) in [6.45, 7) is 5.59. The van der Waals surface area contributed by atoms with Crippen molar-refractivity contribution in [2.75, 3.05) is 0 Å². The molecular weight excluding hydrogens is 238 g/mol. The van der Waals surface area contributed by atoms with Crippen molar-refractivity contribution in [1.82, 2.24) is 14.4 Å². The van der Waals surface area contributed by atoms with E-state index < -0.39 is 0 Å². The summed E-state index contributed by atoms with van der Waals surface area (Å²) >= 11 is 0. The summed E-state index contributed by atoms with van der Waals surface area (Å²) in [6.07, 6.45) is 5.36. The molecule has 0 aliphatic rings. The molecule has 0 fully saturated rings. The number of para-hydroxylation sites is 2. The summed E-state index contributed by atoms with van der Waals surface area (Å²) in [4.78, 5) is 19.6. The fourth-order valence-corrected chi connectivity index (χ4v) is 2.31. The lowest BCUT2D eigenvalue weighted by molar-refractivity contribution is 0.989. The molecule has 4 heteroatoms. The zero-order valence-electron chi connectivity index (χ0n) is 10.6. The van der Waals surface area contributed by atoms with Crippen LogP contribution in [-0.4, -0.2) is 14.4 Å². The maximum atomic E-state index is 12.2. The van der Waals surface area contributed by atoms with Gasteiger partial charge in [0.05, 0.1) is 16.4 Å². The summed E-state index contributed by atoms with van der Waals surface area (Å²) in [5.74, 6) is 0. The van der Waals surface area contributed by atoms with Crippen LogP contribution < -0.4 is 16.3 Å². The summed E-state index contributed by atoms with van der Waals surface area (Å²) in [5.41, 5.74) is 2.10. The quantitative estimate of drug-likeness (QED) is 0.700. The molecule has 2 heterocycles. The minimum Gasteiger partial charge on any atom is -0.306 e. The van der Waals surface area contributed by atoms with Crippen LogP contribution in [0.4, 0.5) is 0 Å². The first kappa shape index (κ1) is 11.5. The Hall–Kier alpha value is -2.62. The summed E-state index contributed by atoms with van der Waals surface area (Å²) in [5, 5.41) is 1.63. The third-order valence-corrected chi connectivity index (χ3v) is 3.11. The monoisotopic (exact) mass is 251 g/mol. The first-order chi connectivity index (χ1) is 9.26. The number of nitrogens with zero attached hydrogens (tertiary/aromatic N) is 2. The highest BCUT2D eigenvalue weighted by Gasteiger charge is 2.08.